The summed E-state index contributed by atoms with van der Waals surface area (Å²) in [7, 11) is -3.51. The van der Waals surface area contributed by atoms with Gasteiger partial charge in [-0.25, -0.2) is 8.42 Å². The van der Waals surface area contributed by atoms with Gasteiger partial charge in [0, 0.05) is 35.9 Å². The zero-order valence-electron chi connectivity index (χ0n) is 19.1. The van der Waals surface area contributed by atoms with Crippen LogP contribution in [0.5, 0.6) is 0 Å². The summed E-state index contributed by atoms with van der Waals surface area (Å²) in [6.45, 7) is 2.79. The number of anilines is 2. The van der Waals surface area contributed by atoms with Gasteiger partial charge in [-0.15, -0.1) is 0 Å². The first-order valence-electron chi connectivity index (χ1n) is 11.2. The van der Waals surface area contributed by atoms with E-state index in [0.717, 1.165) is 30.5 Å². The van der Waals surface area contributed by atoms with Crippen LogP contribution in [0, 0.1) is 0 Å². The van der Waals surface area contributed by atoms with Crippen LogP contribution in [0.1, 0.15) is 34.3 Å². The molecule has 0 spiro atoms. The highest BCUT2D eigenvalue weighted by Gasteiger charge is 2.18. The molecule has 8 heteroatoms. The van der Waals surface area contributed by atoms with Crippen molar-refractivity contribution in [3.8, 4) is 0 Å². The van der Waals surface area contributed by atoms with E-state index in [9.17, 15) is 13.2 Å². The number of rotatable bonds is 8. The van der Waals surface area contributed by atoms with Gasteiger partial charge in [0.25, 0.3) is 5.91 Å². The lowest BCUT2D eigenvalue weighted by Gasteiger charge is -2.22. The largest absolute Gasteiger partial charge is 0.372 e. The molecule has 0 bridgehead atoms. The van der Waals surface area contributed by atoms with Crippen molar-refractivity contribution in [1.29, 1.82) is 0 Å². The second kappa shape index (κ2) is 10.5. The van der Waals surface area contributed by atoms with Crippen LogP contribution in [-0.2, 0) is 23.1 Å². The Bertz CT molecular complexity index is 1240. The van der Waals surface area contributed by atoms with E-state index in [1.54, 1.807) is 48.5 Å². The van der Waals surface area contributed by atoms with Gasteiger partial charge in [0.1, 0.15) is 0 Å². The van der Waals surface area contributed by atoms with Crippen molar-refractivity contribution in [3.05, 3.63) is 94.5 Å². The van der Waals surface area contributed by atoms with Crippen molar-refractivity contribution >= 4 is 38.9 Å². The fraction of sp³-hybridized carbons (Fsp3) is 0.269. The van der Waals surface area contributed by atoms with Crippen LogP contribution >= 0.6 is 11.6 Å². The van der Waals surface area contributed by atoms with Crippen LogP contribution in [0.4, 0.5) is 11.4 Å². The normalized spacial score (nSPS) is 13.6. The summed E-state index contributed by atoms with van der Waals surface area (Å²) in [5.41, 5.74) is 4.04. The standard InChI is InChI=1S/C26H28ClN3O3S/c1-34(32,33)30(25-6-4-5-23(27)17-25)19-21-7-11-22(12-8-21)26(31)28-18-20-9-13-24(14-10-20)29-15-2-3-16-29/h4-14,17H,2-3,15-16,18-19H2,1H3,(H,28,31). The maximum Gasteiger partial charge on any atom is 0.251 e. The quantitative estimate of drug-likeness (QED) is 0.483. The molecule has 6 nitrogen and oxygen atoms in total. The Balaban J connectivity index is 1.37. The Morgan fingerprint density at radius 3 is 2.24 bits per heavy atom. The van der Waals surface area contributed by atoms with Crippen molar-refractivity contribution in [2.75, 3.05) is 28.6 Å². The van der Waals surface area contributed by atoms with Crippen LogP contribution < -0.4 is 14.5 Å². The van der Waals surface area contributed by atoms with Crippen molar-refractivity contribution < 1.29 is 13.2 Å². The molecule has 0 unspecified atom stereocenters. The lowest BCUT2D eigenvalue weighted by molar-refractivity contribution is 0.0951. The number of carbonyl (C=O) groups excluding carboxylic acids is 1. The molecule has 0 saturated carbocycles. The monoisotopic (exact) mass is 497 g/mol. The lowest BCUT2D eigenvalue weighted by atomic mass is 10.1. The van der Waals surface area contributed by atoms with Crippen molar-refractivity contribution in [1.82, 2.24) is 5.32 Å². The topological polar surface area (TPSA) is 69.7 Å². The Morgan fingerprint density at radius 2 is 1.62 bits per heavy atom. The van der Waals surface area contributed by atoms with E-state index in [1.807, 2.05) is 12.1 Å². The van der Waals surface area contributed by atoms with Crippen molar-refractivity contribution in [2.24, 2.45) is 0 Å². The number of halogens is 1. The highest BCUT2D eigenvalue weighted by atomic mass is 35.5. The molecule has 178 valence electrons. The summed E-state index contributed by atoms with van der Waals surface area (Å²) >= 11 is 6.04. The molecular formula is C26H28ClN3O3S. The second-order valence-electron chi connectivity index (χ2n) is 8.49. The summed E-state index contributed by atoms with van der Waals surface area (Å²) < 4.78 is 26.0. The molecule has 0 aromatic heterocycles. The van der Waals surface area contributed by atoms with E-state index in [1.165, 1.54) is 22.8 Å². The maximum atomic E-state index is 12.6. The fourth-order valence-corrected chi connectivity index (χ4v) is 5.11. The molecule has 3 aromatic carbocycles. The summed E-state index contributed by atoms with van der Waals surface area (Å²) in [6.07, 6.45) is 3.64. The SMILES string of the molecule is CS(=O)(=O)N(Cc1ccc(C(=O)NCc2ccc(N3CCCC3)cc2)cc1)c1cccc(Cl)c1. The fourth-order valence-electron chi connectivity index (χ4n) is 4.04. The predicted octanol–water partition coefficient (Wildman–Crippen LogP) is 4.84. The molecule has 1 heterocycles. The first kappa shape index (κ1) is 24.1. The number of nitrogens with zero attached hydrogens (tertiary/aromatic N) is 2. The lowest BCUT2D eigenvalue weighted by Crippen LogP contribution is -2.29. The zero-order chi connectivity index (χ0) is 24.1. The molecule has 0 radical (unpaired) electrons. The Labute approximate surface area is 206 Å². The first-order chi connectivity index (χ1) is 16.3. The Morgan fingerprint density at radius 1 is 0.971 bits per heavy atom. The average Bonchev–Trinajstić information content (AvgIpc) is 3.36. The van der Waals surface area contributed by atoms with E-state index >= 15 is 0 Å². The molecule has 3 aromatic rings. The molecule has 1 aliphatic rings. The minimum atomic E-state index is -3.51. The average molecular weight is 498 g/mol. The van der Waals surface area contributed by atoms with Crippen LogP contribution in [0.25, 0.3) is 0 Å². The van der Waals surface area contributed by atoms with Gasteiger partial charge in [0.15, 0.2) is 0 Å². The van der Waals surface area contributed by atoms with Gasteiger partial charge in [0.05, 0.1) is 18.5 Å². The molecule has 1 amide bonds. The summed E-state index contributed by atoms with van der Waals surface area (Å²) in [6, 6.07) is 22.0. The third kappa shape index (κ3) is 6.10. The van der Waals surface area contributed by atoms with Gasteiger partial charge >= 0.3 is 0 Å². The number of hydrogen-bond donors (Lipinski definition) is 1. The Kier molecular flexibility index (Phi) is 7.44. The van der Waals surface area contributed by atoms with E-state index in [0.29, 0.717) is 22.8 Å². The number of nitrogens with one attached hydrogen (secondary N) is 1. The molecule has 0 aliphatic carbocycles. The molecule has 1 N–H and O–H groups in total. The van der Waals surface area contributed by atoms with E-state index in [-0.39, 0.29) is 12.5 Å². The number of hydrogen-bond acceptors (Lipinski definition) is 4. The summed E-state index contributed by atoms with van der Waals surface area (Å²) in [5.74, 6) is -0.176. The third-order valence-corrected chi connectivity index (χ3v) is 7.28. The smallest absolute Gasteiger partial charge is 0.251 e. The van der Waals surface area contributed by atoms with Gasteiger partial charge in [0.2, 0.25) is 10.0 Å². The molecule has 4 rings (SSSR count). The first-order valence-corrected chi connectivity index (χ1v) is 13.5. The van der Waals surface area contributed by atoms with E-state index in [2.05, 4.69) is 22.3 Å². The van der Waals surface area contributed by atoms with Crippen molar-refractivity contribution in [3.63, 3.8) is 0 Å². The Hall–Kier alpha value is -3.03. The van der Waals surface area contributed by atoms with Crippen LogP contribution in [0.3, 0.4) is 0 Å². The zero-order valence-corrected chi connectivity index (χ0v) is 20.6. The second-order valence-corrected chi connectivity index (χ2v) is 10.8. The number of sulfonamides is 1. The summed E-state index contributed by atoms with van der Waals surface area (Å²) in [5, 5.41) is 3.41. The molecule has 1 aliphatic heterocycles. The minimum Gasteiger partial charge on any atom is -0.372 e. The highest BCUT2D eigenvalue weighted by Crippen LogP contribution is 2.24. The van der Waals surface area contributed by atoms with Gasteiger partial charge in [-0.05, 0) is 66.4 Å². The minimum absolute atomic E-state index is 0.143. The number of benzene rings is 3. The summed E-state index contributed by atoms with van der Waals surface area (Å²) in [4.78, 5) is 15.0. The molecule has 1 fully saturated rings. The van der Waals surface area contributed by atoms with Gasteiger partial charge in [-0.1, -0.05) is 41.9 Å². The van der Waals surface area contributed by atoms with Gasteiger partial charge in [-0.2, -0.15) is 0 Å². The maximum absolute atomic E-state index is 12.6. The molecule has 0 atom stereocenters. The van der Waals surface area contributed by atoms with Crippen molar-refractivity contribution in [2.45, 2.75) is 25.9 Å². The van der Waals surface area contributed by atoms with E-state index < -0.39 is 10.0 Å². The number of carbonyl (C=O) groups is 1. The van der Waals surface area contributed by atoms with E-state index in [4.69, 9.17) is 11.6 Å². The third-order valence-electron chi connectivity index (χ3n) is 5.90. The highest BCUT2D eigenvalue weighted by molar-refractivity contribution is 7.92. The van der Waals surface area contributed by atoms with Crippen LogP contribution in [0.15, 0.2) is 72.8 Å². The predicted molar refractivity (Wildman–Crippen MR) is 138 cm³/mol. The molecule has 34 heavy (non-hydrogen) atoms. The van der Waals surface area contributed by atoms with Crippen LogP contribution in [0.2, 0.25) is 5.02 Å². The van der Waals surface area contributed by atoms with Gasteiger partial charge in [-0.3, -0.25) is 9.10 Å². The molecule has 1 saturated heterocycles. The molecular weight excluding hydrogens is 470 g/mol. The van der Waals surface area contributed by atoms with Crippen LogP contribution in [-0.4, -0.2) is 33.7 Å². The number of amides is 1. The van der Waals surface area contributed by atoms with Gasteiger partial charge < -0.3 is 10.2 Å².